The Balaban J connectivity index is 1.83. The molecule has 0 aliphatic heterocycles. The second-order valence-electron chi connectivity index (χ2n) is 7.00. The molecule has 0 saturated heterocycles. The van der Waals surface area contributed by atoms with Crippen LogP contribution < -0.4 is 5.73 Å². The van der Waals surface area contributed by atoms with Crippen LogP contribution in [0.2, 0.25) is 0 Å². The summed E-state index contributed by atoms with van der Waals surface area (Å²) in [6.07, 6.45) is 10.3. The Labute approximate surface area is 151 Å². The average molecular weight is 347 g/mol. The van der Waals surface area contributed by atoms with Crippen molar-refractivity contribution in [2.24, 2.45) is 0 Å². The molecule has 0 bridgehead atoms. The maximum atomic E-state index is 6.05. The summed E-state index contributed by atoms with van der Waals surface area (Å²) in [6, 6.07) is 0. The van der Waals surface area contributed by atoms with Crippen LogP contribution in [0.3, 0.4) is 0 Å². The maximum Gasteiger partial charge on any atom is 0.155 e. The van der Waals surface area contributed by atoms with E-state index in [9.17, 15) is 0 Å². The first-order valence-corrected chi connectivity index (χ1v) is 9.83. The number of aromatic amines is 1. The highest BCUT2D eigenvalue weighted by Crippen LogP contribution is 2.20. The number of nitrogen functional groups attached to an aromatic ring is 1. The molecule has 0 spiro atoms. The van der Waals surface area contributed by atoms with E-state index in [0.717, 1.165) is 54.7 Å². The smallest absolute Gasteiger partial charge is 0.155 e. The summed E-state index contributed by atoms with van der Waals surface area (Å²) in [7, 11) is 2.21. The van der Waals surface area contributed by atoms with Crippen LogP contribution >= 0.6 is 0 Å². The number of aromatic nitrogens is 4. The van der Waals surface area contributed by atoms with Crippen LogP contribution in [0, 0.1) is 0 Å². The number of H-pyrrole nitrogens is 1. The van der Waals surface area contributed by atoms with E-state index in [1.165, 1.54) is 38.8 Å². The lowest BCUT2D eigenvalue weighted by Gasteiger charge is -2.14. The quantitative estimate of drug-likeness (QED) is 0.572. The predicted octanol–water partition coefficient (Wildman–Crippen LogP) is 3.72. The zero-order valence-electron chi connectivity index (χ0n) is 16.1. The number of hydrogen-bond donors (Lipinski definition) is 2. The molecule has 2 aromatic rings. The molecule has 2 aromatic heterocycles. The molecule has 0 aliphatic rings. The summed E-state index contributed by atoms with van der Waals surface area (Å²) in [5.74, 6) is 1.34. The minimum Gasteiger partial charge on any atom is -0.382 e. The Morgan fingerprint density at radius 2 is 1.68 bits per heavy atom. The van der Waals surface area contributed by atoms with Crippen molar-refractivity contribution in [3.8, 4) is 0 Å². The van der Waals surface area contributed by atoms with Gasteiger partial charge in [0.15, 0.2) is 11.3 Å². The highest BCUT2D eigenvalue weighted by Gasteiger charge is 2.12. The summed E-state index contributed by atoms with van der Waals surface area (Å²) in [5.41, 5.74) is 8.79. The minimum absolute atomic E-state index is 0.498. The zero-order valence-corrected chi connectivity index (χ0v) is 16.1. The van der Waals surface area contributed by atoms with Crippen LogP contribution in [-0.4, -0.2) is 45.2 Å². The van der Waals surface area contributed by atoms with Gasteiger partial charge in [-0.05, 0) is 52.2 Å². The molecule has 2 rings (SSSR count). The third-order valence-corrected chi connectivity index (χ3v) is 4.62. The monoisotopic (exact) mass is 346 g/mol. The van der Waals surface area contributed by atoms with Crippen molar-refractivity contribution in [3.05, 3.63) is 11.5 Å². The predicted molar refractivity (Wildman–Crippen MR) is 105 cm³/mol. The Hall–Kier alpha value is -1.69. The molecule has 0 atom stereocenters. The van der Waals surface area contributed by atoms with Gasteiger partial charge in [-0.25, -0.2) is 9.97 Å². The summed E-state index contributed by atoms with van der Waals surface area (Å²) >= 11 is 0. The van der Waals surface area contributed by atoms with E-state index in [1.54, 1.807) is 0 Å². The standard InChI is InChI=1S/C19H34N6/c1-4-6-12-16-21-17-15(23-24-18(17)19(20)22-16)11-9-7-8-10-14-25(3)13-5-2/h4-14H2,1-3H3,(H,23,24)(H2,20,21,22). The maximum absolute atomic E-state index is 6.05. The number of fused-ring (bicyclic) bond motifs is 1. The molecule has 0 aliphatic carbocycles. The van der Waals surface area contributed by atoms with Crippen LogP contribution in [0.5, 0.6) is 0 Å². The van der Waals surface area contributed by atoms with Gasteiger partial charge in [-0.15, -0.1) is 0 Å². The number of rotatable bonds is 12. The molecule has 0 saturated carbocycles. The van der Waals surface area contributed by atoms with Gasteiger partial charge in [-0.1, -0.05) is 33.1 Å². The van der Waals surface area contributed by atoms with Gasteiger partial charge in [0.05, 0.1) is 5.69 Å². The van der Waals surface area contributed by atoms with Crippen molar-refractivity contribution < 1.29 is 0 Å². The van der Waals surface area contributed by atoms with Crippen molar-refractivity contribution in [2.45, 2.75) is 71.6 Å². The van der Waals surface area contributed by atoms with E-state index in [0.29, 0.717) is 5.82 Å². The Kier molecular flexibility index (Phi) is 8.12. The molecule has 25 heavy (non-hydrogen) atoms. The molecule has 6 nitrogen and oxygen atoms in total. The lowest BCUT2D eigenvalue weighted by molar-refractivity contribution is 0.324. The van der Waals surface area contributed by atoms with Gasteiger partial charge < -0.3 is 10.6 Å². The lowest BCUT2D eigenvalue weighted by atomic mass is 10.1. The number of nitrogens with one attached hydrogen (secondary N) is 1. The summed E-state index contributed by atoms with van der Waals surface area (Å²) < 4.78 is 0. The summed E-state index contributed by atoms with van der Waals surface area (Å²) in [6.45, 7) is 6.80. The van der Waals surface area contributed by atoms with Crippen molar-refractivity contribution in [1.82, 2.24) is 25.1 Å². The number of unbranched alkanes of at least 4 members (excludes halogenated alkanes) is 4. The van der Waals surface area contributed by atoms with Crippen molar-refractivity contribution in [3.63, 3.8) is 0 Å². The third-order valence-electron chi connectivity index (χ3n) is 4.62. The molecular weight excluding hydrogens is 312 g/mol. The molecular formula is C19H34N6. The minimum atomic E-state index is 0.498. The highest BCUT2D eigenvalue weighted by atomic mass is 15.2. The number of nitrogens with zero attached hydrogens (tertiary/aromatic N) is 4. The van der Waals surface area contributed by atoms with Crippen LogP contribution in [0.25, 0.3) is 11.0 Å². The Bertz CT molecular complexity index is 636. The number of anilines is 1. The molecule has 140 valence electrons. The molecule has 0 aromatic carbocycles. The average Bonchev–Trinajstić information content (AvgIpc) is 3.00. The molecule has 0 amide bonds. The fourth-order valence-corrected chi connectivity index (χ4v) is 3.17. The van der Waals surface area contributed by atoms with Gasteiger partial charge in [0, 0.05) is 6.42 Å². The topological polar surface area (TPSA) is 83.7 Å². The van der Waals surface area contributed by atoms with E-state index >= 15 is 0 Å². The summed E-state index contributed by atoms with van der Waals surface area (Å²) in [5, 5.41) is 7.44. The van der Waals surface area contributed by atoms with Gasteiger partial charge in [0.1, 0.15) is 11.3 Å². The van der Waals surface area contributed by atoms with E-state index in [1.807, 2.05) is 0 Å². The van der Waals surface area contributed by atoms with Gasteiger partial charge in [-0.2, -0.15) is 5.10 Å². The molecule has 0 unspecified atom stereocenters. The third kappa shape index (κ3) is 5.96. The first kappa shape index (κ1) is 19.6. The normalized spacial score (nSPS) is 11.7. The molecule has 3 N–H and O–H groups in total. The fraction of sp³-hybridized carbons (Fsp3) is 0.737. The van der Waals surface area contributed by atoms with E-state index in [4.69, 9.17) is 10.7 Å². The fourth-order valence-electron chi connectivity index (χ4n) is 3.17. The molecule has 0 fully saturated rings. The van der Waals surface area contributed by atoms with E-state index in [-0.39, 0.29) is 0 Å². The SMILES string of the molecule is CCCCc1nc(N)c2n[nH]c(CCCCCCN(C)CCC)c2n1. The molecule has 2 heterocycles. The highest BCUT2D eigenvalue weighted by molar-refractivity contribution is 5.85. The second-order valence-corrected chi connectivity index (χ2v) is 7.00. The first-order valence-electron chi connectivity index (χ1n) is 9.83. The largest absolute Gasteiger partial charge is 0.382 e. The summed E-state index contributed by atoms with van der Waals surface area (Å²) in [4.78, 5) is 11.5. The van der Waals surface area contributed by atoms with Crippen molar-refractivity contribution >= 4 is 16.9 Å². The molecule has 0 radical (unpaired) electrons. The van der Waals surface area contributed by atoms with Crippen LogP contribution in [0.15, 0.2) is 0 Å². The van der Waals surface area contributed by atoms with Crippen molar-refractivity contribution in [2.75, 3.05) is 25.9 Å². The first-order chi connectivity index (χ1) is 12.2. The zero-order chi connectivity index (χ0) is 18.1. The number of aryl methyl sites for hydroxylation is 2. The van der Waals surface area contributed by atoms with Crippen LogP contribution in [0.4, 0.5) is 5.82 Å². The second kappa shape index (κ2) is 10.3. The Morgan fingerprint density at radius 1 is 0.880 bits per heavy atom. The van der Waals surface area contributed by atoms with E-state index < -0.39 is 0 Å². The number of hydrogen-bond acceptors (Lipinski definition) is 5. The van der Waals surface area contributed by atoms with Gasteiger partial charge in [0.25, 0.3) is 0 Å². The van der Waals surface area contributed by atoms with Crippen LogP contribution in [-0.2, 0) is 12.8 Å². The van der Waals surface area contributed by atoms with Crippen molar-refractivity contribution in [1.29, 1.82) is 0 Å². The van der Waals surface area contributed by atoms with Gasteiger partial charge >= 0.3 is 0 Å². The van der Waals surface area contributed by atoms with Crippen LogP contribution in [0.1, 0.15) is 70.3 Å². The lowest BCUT2D eigenvalue weighted by Crippen LogP contribution is -2.20. The van der Waals surface area contributed by atoms with E-state index in [2.05, 4.69) is 41.0 Å². The van der Waals surface area contributed by atoms with Gasteiger partial charge in [-0.3, -0.25) is 5.10 Å². The Morgan fingerprint density at radius 3 is 2.44 bits per heavy atom. The number of nitrogens with two attached hydrogens (primary N) is 1. The molecule has 6 heteroatoms. The van der Waals surface area contributed by atoms with Gasteiger partial charge in [0.2, 0.25) is 0 Å².